The third-order valence-corrected chi connectivity index (χ3v) is 3.83. The standard InChI is InChI=1S/C10H7BrNO2.C9H7BrO.CHO.FH.2U/c11-8-1-3-9(4-2-8)13-7-10-5-6-12-14-10;1-2-7-11-9-5-3-8(10)4-6-9;1-2;;;/h1-5H,7H2;1,3-6H,7H2;1H;1H;;/q-1;;-1;;;. The minimum Gasteiger partial charge on any atom is -0.545 e. The second-order valence-electron chi connectivity index (χ2n) is 4.61. The Hall–Kier alpha value is -0.526. The van der Waals surface area contributed by atoms with Gasteiger partial charge in [-0.2, -0.15) is 6.07 Å². The first-order chi connectivity index (χ1) is 13.2. The van der Waals surface area contributed by atoms with E-state index in [0.717, 1.165) is 20.4 Å². The van der Waals surface area contributed by atoms with E-state index in [-0.39, 0.29) is 66.9 Å². The zero-order valence-corrected chi connectivity index (χ0v) is 27.0. The number of carbonyl (C=O) groups excluding carboxylic acids is 1. The van der Waals surface area contributed by atoms with Crippen molar-refractivity contribution in [1.29, 1.82) is 0 Å². The zero-order valence-electron chi connectivity index (χ0n) is 15.5. The Bertz CT molecular complexity index is 814. The molecule has 0 aliphatic rings. The third kappa shape index (κ3) is 15.3. The van der Waals surface area contributed by atoms with E-state index in [1.807, 2.05) is 48.5 Å². The summed E-state index contributed by atoms with van der Waals surface area (Å²) in [6.45, 7) is 3.94. The maximum Gasteiger partial charge on any atom is 0.148 e. The number of rotatable bonds is 5. The second-order valence-corrected chi connectivity index (χ2v) is 6.44. The summed E-state index contributed by atoms with van der Waals surface area (Å²) < 4.78 is 17.5. The van der Waals surface area contributed by atoms with Crippen molar-refractivity contribution < 1.29 is 85.7 Å². The van der Waals surface area contributed by atoms with Crippen molar-refractivity contribution in [2.45, 2.75) is 6.61 Å². The summed E-state index contributed by atoms with van der Waals surface area (Å²) in [6, 6.07) is 16.8. The molecular formula is C20H16Br2FNO4U2-2. The quantitative estimate of drug-likeness (QED) is 0.201. The molecule has 0 spiro atoms. The fourth-order valence-corrected chi connectivity index (χ4v) is 2.15. The van der Waals surface area contributed by atoms with Crippen LogP contribution in [0.3, 0.4) is 0 Å². The van der Waals surface area contributed by atoms with Crippen molar-refractivity contribution >= 4 is 38.6 Å². The van der Waals surface area contributed by atoms with Gasteiger partial charge in [-0.05, 0) is 48.5 Å². The van der Waals surface area contributed by atoms with E-state index in [0.29, 0.717) is 19.0 Å². The van der Waals surface area contributed by atoms with Crippen LogP contribution in [0, 0.1) is 80.8 Å². The van der Waals surface area contributed by atoms with Crippen LogP contribution in [-0.4, -0.2) is 18.6 Å². The average Bonchev–Trinajstić information content (AvgIpc) is 3.23. The molecule has 5 nitrogen and oxygen atoms in total. The van der Waals surface area contributed by atoms with E-state index in [1.54, 1.807) is 6.07 Å². The Labute approximate surface area is 239 Å². The van der Waals surface area contributed by atoms with E-state index in [1.165, 1.54) is 0 Å². The van der Waals surface area contributed by atoms with Gasteiger partial charge < -0.3 is 18.8 Å². The number of terminal acetylenes is 1. The van der Waals surface area contributed by atoms with Crippen LogP contribution in [0.5, 0.6) is 11.5 Å². The average molecular weight is 989 g/mol. The van der Waals surface area contributed by atoms with Gasteiger partial charge in [-0.25, -0.2) is 5.16 Å². The molecule has 0 saturated heterocycles. The zero-order chi connectivity index (χ0) is 19.9. The Kier molecular flexibility index (Phi) is 24.7. The third-order valence-electron chi connectivity index (χ3n) is 2.77. The predicted molar refractivity (Wildman–Crippen MR) is 112 cm³/mol. The van der Waals surface area contributed by atoms with E-state index in [9.17, 15) is 0 Å². The van der Waals surface area contributed by atoms with Gasteiger partial charge in [0.1, 0.15) is 18.1 Å². The summed E-state index contributed by atoms with van der Waals surface area (Å²) in [4.78, 5) is 7.75. The molecule has 0 aliphatic heterocycles. The summed E-state index contributed by atoms with van der Waals surface area (Å²) in [5.41, 5.74) is 0. The first kappa shape index (κ1) is 34.1. The number of halogens is 3. The summed E-state index contributed by atoms with van der Waals surface area (Å²) in [7, 11) is 0. The summed E-state index contributed by atoms with van der Waals surface area (Å²) >= 11 is 6.66. The molecule has 0 amide bonds. The Balaban J connectivity index is -0.000000419. The molecule has 1 aromatic heterocycles. The molecule has 1 heterocycles. The van der Waals surface area contributed by atoms with E-state index in [2.05, 4.69) is 55.9 Å². The monoisotopic (exact) mass is 987 g/mol. The van der Waals surface area contributed by atoms with Crippen molar-refractivity contribution in [3.8, 4) is 23.8 Å². The van der Waals surface area contributed by atoms with E-state index >= 15 is 0 Å². The van der Waals surface area contributed by atoms with Gasteiger partial charge in [0.05, 0.1) is 6.61 Å². The largest absolute Gasteiger partial charge is 0.545 e. The van der Waals surface area contributed by atoms with Crippen molar-refractivity contribution in [3.05, 3.63) is 75.5 Å². The van der Waals surface area contributed by atoms with Gasteiger partial charge >= 0.3 is 0 Å². The SMILES string of the molecule is Brc1ccc(OCc2c[c-]no2)cc1.C#CCOc1ccc(Br)cc1.F.[CH-]=O.[U].[U]. The molecule has 2 aromatic carbocycles. The number of nitrogens with zero attached hydrogens (tertiary/aromatic N) is 1. The summed E-state index contributed by atoms with van der Waals surface area (Å²) in [6.07, 6.45) is 7.59. The van der Waals surface area contributed by atoms with Crippen molar-refractivity contribution in [3.63, 3.8) is 0 Å². The summed E-state index contributed by atoms with van der Waals surface area (Å²) in [5.74, 6) is 4.65. The van der Waals surface area contributed by atoms with Gasteiger partial charge in [0, 0.05) is 76.9 Å². The van der Waals surface area contributed by atoms with Crippen LogP contribution in [0.25, 0.3) is 0 Å². The van der Waals surface area contributed by atoms with E-state index < -0.39 is 0 Å². The molecule has 0 atom stereocenters. The molecule has 156 valence electrons. The Morgan fingerprint density at radius 2 is 1.43 bits per heavy atom. The predicted octanol–water partition coefficient (Wildman–Crippen LogP) is 5.16. The number of hydrogen-bond donors (Lipinski definition) is 0. The van der Waals surface area contributed by atoms with Gasteiger partial charge in [0.25, 0.3) is 0 Å². The van der Waals surface area contributed by atoms with Gasteiger partial charge in [0.2, 0.25) is 0 Å². The second kappa shape index (κ2) is 21.7. The van der Waals surface area contributed by atoms with E-state index in [4.69, 9.17) is 25.2 Å². The molecule has 0 unspecified atom stereocenters. The van der Waals surface area contributed by atoms with Crippen LogP contribution in [0.2, 0.25) is 0 Å². The molecule has 0 N–H and O–H groups in total. The van der Waals surface area contributed by atoms with Crippen LogP contribution in [0.1, 0.15) is 5.76 Å². The fraction of sp³-hybridized carbons (Fsp3) is 0.100. The topological polar surface area (TPSA) is 61.6 Å². The Morgan fingerprint density at radius 3 is 1.83 bits per heavy atom. The number of aromatic nitrogens is 1. The molecule has 0 aliphatic carbocycles. The van der Waals surface area contributed by atoms with Gasteiger partial charge in [-0.1, -0.05) is 37.8 Å². The molecule has 0 saturated carbocycles. The first-order valence-corrected chi connectivity index (χ1v) is 9.01. The van der Waals surface area contributed by atoms with Crippen LogP contribution >= 0.6 is 31.9 Å². The number of ether oxygens (including phenoxy) is 2. The van der Waals surface area contributed by atoms with Crippen LogP contribution in [0.4, 0.5) is 4.70 Å². The maximum absolute atomic E-state index is 7.75. The fourth-order valence-electron chi connectivity index (χ4n) is 1.62. The van der Waals surface area contributed by atoms with Crippen molar-refractivity contribution in [2.24, 2.45) is 0 Å². The molecule has 0 radical (unpaired) electrons. The van der Waals surface area contributed by atoms with Gasteiger partial charge in [-0.3, -0.25) is 11.5 Å². The number of benzene rings is 2. The molecule has 10 heteroatoms. The molecule has 0 bridgehead atoms. The molecule has 3 rings (SSSR count). The summed E-state index contributed by atoms with van der Waals surface area (Å²) in [5, 5.41) is 3.46. The normalized spacial score (nSPS) is 8.03. The first-order valence-electron chi connectivity index (χ1n) is 7.43. The van der Waals surface area contributed by atoms with Crippen molar-refractivity contribution in [1.82, 2.24) is 5.16 Å². The molecular weight excluding hydrogens is 973 g/mol. The van der Waals surface area contributed by atoms with Crippen LogP contribution in [-0.2, 0) is 11.4 Å². The maximum atomic E-state index is 7.75. The minimum absolute atomic E-state index is 0. The number of hydrogen-bond acceptors (Lipinski definition) is 5. The Morgan fingerprint density at radius 1 is 0.967 bits per heavy atom. The van der Waals surface area contributed by atoms with Crippen LogP contribution in [0.15, 0.2) is 68.1 Å². The smallest absolute Gasteiger partial charge is 0.148 e. The van der Waals surface area contributed by atoms with Crippen molar-refractivity contribution in [2.75, 3.05) is 6.61 Å². The molecule has 0 fully saturated rings. The molecule has 30 heavy (non-hydrogen) atoms. The molecule has 3 aromatic rings. The minimum atomic E-state index is 0. The van der Waals surface area contributed by atoms with Gasteiger partial charge in [-0.15, -0.1) is 12.6 Å². The van der Waals surface area contributed by atoms with Gasteiger partial charge in [0.15, 0.2) is 0 Å². The van der Waals surface area contributed by atoms with Crippen LogP contribution < -0.4 is 9.47 Å².